The van der Waals surface area contributed by atoms with Crippen molar-refractivity contribution in [1.82, 2.24) is 10.2 Å². The van der Waals surface area contributed by atoms with Gasteiger partial charge in [0.25, 0.3) is 5.91 Å². The summed E-state index contributed by atoms with van der Waals surface area (Å²) in [5, 5.41) is 3.17. The van der Waals surface area contributed by atoms with Gasteiger partial charge in [-0.3, -0.25) is 4.79 Å². The van der Waals surface area contributed by atoms with Crippen molar-refractivity contribution in [2.75, 3.05) is 26.7 Å². The third-order valence-corrected chi connectivity index (χ3v) is 3.51. The Hall–Kier alpha value is -0.810. The van der Waals surface area contributed by atoms with Crippen LogP contribution in [0.15, 0.2) is 21.2 Å². The van der Waals surface area contributed by atoms with Gasteiger partial charge in [-0.2, -0.15) is 0 Å². The molecule has 0 spiro atoms. The van der Waals surface area contributed by atoms with Crippen molar-refractivity contribution in [3.63, 3.8) is 0 Å². The number of carbonyl (C=O) groups excluding carboxylic acids is 1. The van der Waals surface area contributed by atoms with E-state index in [0.717, 1.165) is 26.1 Å². The van der Waals surface area contributed by atoms with Crippen molar-refractivity contribution in [3.05, 3.63) is 22.6 Å². The number of hydrogen-bond donors (Lipinski definition) is 1. The van der Waals surface area contributed by atoms with Gasteiger partial charge in [0, 0.05) is 13.1 Å². The van der Waals surface area contributed by atoms with E-state index in [2.05, 4.69) is 21.2 Å². The first kappa shape index (κ1) is 12.6. The highest BCUT2D eigenvalue weighted by atomic mass is 79.9. The van der Waals surface area contributed by atoms with E-state index < -0.39 is 0 Å². The number of furan rings is 1. The zero-order valence-electron chi connectivity index (χ0n) is 9.91. The molecule has 0 aromatic carbocycles. The number of halogens is 1. The van der Waals surface area contributed by atoms with Crippen molar-refractivity contribution >= 4 is 21.8 Å². The average molecular weight is 301 g/mol. The topological polar surface area (TPSA) is 45.5 Å². The van der Waals surface area contributed by atoms with Gasteiger partial charge in [-0.1, -0.05) is 0 Å². The zero-order chi connectivity index (χ0) is 12.3. The van der Waals surface area contributed by atoms with Gasteiger partial charge in [0.05, 0.1) is 0 Å². The van der Waals surface area contributed by atoms with Gasteiger partial charge >= 0.3 is 0 Å². The number of hydrogen-bond acceptors (Lipinski definition) is 3. The van der Waals surface area contributed by atoms with Crippen LogP contribution < -0.4 is 5.32 Å². The first-order valence-corrected chi connectivity index (χ1v) is 6.69. The molecule has 0 bridgehead atoms. The summed E-state index contributed by atoms with van der Waals surface area (Å²) in [6, 6.07) is 3.47. The maximum Gasteiger partial charge on any atom is 0.289 e. The Morgan fingerprint density at radius 3 is 3.12 bits per heavy atom. The SMILES string of the molecule is CNCC1CCCN(C(=O)c2ccc(Br)o2)C1. The van der Waals surface area contributed by atoms with Crippen LogP contribution in [0.2, 0.25) is 0 Å². The molecule has 1 aliphatic rings. The lowest BCUT2D eigenvalue weighted by Gasteiger charge is -2.32. The lowest BCUT2D eigenvalue weighted by molar-refractivity contribution is 0.0641. The lowest BCUT2D eigenvalue weighted by Crippen LogP contribution is -2.42. The molecule has 1 saturated heterocycles. The van der Waals surface area contributed by atoms with E-state index in [4.69, 9.17) is 4.42 Å². The van der Waals surface area contributed by atoms with Gasteiger partial charge in [-0.15, -0.1) is 0 Å². The Labute approximate surface area is 109 Å². The number of nitrogens with one attached hydrogen (secondary N) is 1. The van der Waals surface area contributed by atoms with Crippen molar-refractivity contribution in [3.8, 4) is 0 Å². The van der Waals surface area contributed by atoms with Crippen molar-refractivity contribution in [1.29, 1.82) is 0 Å². The molecule has 1 atom stereocenters. The molecule has 1 unspecified atom stereocenters. The van der Waals surface area contributed by atoms with Crippen molar-refractivity contribution in [2.45, 2.75) is 12.8 Å². The minimum atomic E-state index is -0.00324. The fraction of sp³-hybridized carbons (Fsp3) is 0.583. The third-order valence-electron chi connectivity index (χ3n) is 3.08. The van der Waals surface area contributed by atoms with Gasteiger partial charge < -0.3 is 14.6 Å². The maximum atomic E-state index is 12.2. The van der Waals surface area contributed by atoms with Gasteiger partial charge in [-0.25, -0.2) is 0 Å². The van der Waals surface area contributed by atoms with Crippen LogP contribution in [0.3, 0.4) is 0 Å². The summed E-state index contributed by atoms with van der Waals surface area (Å²) in [6.45, 7) is 2.61. The molecule has 1 aliphatic heterocycles. The second-order valence-electron chi connectivity index (χ2n) is 4.42. The van der Waals surface area contributed by atoms with E-state index in [9.17, 15) is 4.79 Å². The predicted molar refractivity (Wildman–Crippen MR) is 69.0 cm³/mol. The quantitative estimate of drug-likeness (QED) is 0.930. The normalized spacial score (nSPS) is 20.6. The molecule has 4 nitrogen and oxygen atoms in total. The molecule has 5 heteroatoms. The summed E-state index contributed by atoms with van der Waals surface area (Å²) in [5.74, 6) is 0.967. The predicted octanol–water partition coefficient (Wildman–Crippen LogP) is 2.11. The van der Waals surface area contributed by atoms with Gasteiger partial charge in [-0.05, 0) is 60.4 Å². The van der Waals surface area contributed by atoms with E-state index >= 15 is 0 Å². The molecule has 17 heavy (non-hydrogen) atoms. The summed E-state index contributed by atoms with van der Waals surface area (Å²) in [6.07, 6.45) is 2.26. The Kier molecular flexibility index (Phi) is 4.23. The highest BCUT2D eigenvalue weighted by Crippen LogP contribution is 2.20. The van der Waals surface area contributed by atoms with Crippen LogP contribution in [0.1, 0.15) is 23.4 Å². The fourth-order valence-corrected chi connectivity index (χ4v) is 2.60. The Morgan fingerprint density at radius 2 is 2.47 bits per heavy atom. The molecule has 2 heterocycles. The van der Waals surface area contributed by atoms with E-state index in [1.807, 2.05) is 11.9 Å². The van der Waals surface area contributed by atoms with Gasteiger partial charge in [0.15, 0.2) is 10.4 Å². The summed E-state index contributed by atoms with van der Waals surface area (Å²) in [7, 11) is 1.95. The molecule has 2 rings (SSSR count). The van der Waals surface area contributed by atoms with E-state index in [1.165, 1.54) is 6.42 Å². The Bertz CT molecular complexity index is 390. The summed E-state index contributed by atoms with van der Waals surface area (Å²) < 4.78 is 5.91. The maximum absolute atomic E-state index is 12.2. The fourth-order valence-electron chi connectivity index (χ4n) is 2.29. The number of carbonyl (C=O) groups is 1. The second kappa shape index (κ2) is 5.69. The van der Waals surface area contributed by atoms with Crippen LogP contribution >= 0.6 is 15.9 Å². The van der Waals surface area contributed by atoms with Crippen molar-refractivity contribution < 1.29 is 9.21 Å². The molecule has 0 saturated carbocycles. The highest BCUT2D eigenvalue weighted by Gasteiger charge is 2.25. The molecule has 0 radical (unpaired) electrons. The summed E-state index contributed by atoms with van der Waals surface area (Å²) in [5.41, 5.74) is 0. The number of amides is 1. The Morgan fingerprint density at radius 1 is 1.65 bits per heavy atom. The molecule has 1 amide bonds. The summed E-state index contributed by atoms with van der Waals surface area (Å²) in [4.78, 5) is 14.0. The van der Waals surface area contributed by atoms with Crippen molar-refractivity contribution in [2.24, 2.45) is 5.92 Å². The molecule has 1 N–H and O–H groups in total. The molecular formula is C12H17BrN2O2. The first-order chi connectivity index (χ1) is 8.20. The average Bonchev–Trinajstić information content (AvgIpc) is 2.76. The molecule has 1 fully saturated rings. The second-order valence-corrected chi connectivity index (χ2v) is 5.20. The number of piperidine rings is 1. The Balaban J connectivity index is 1.99. The largest absolute Gasteiger partial charge is 0.444 e. The number of rotatable bonds is 3. The smallest absolute Gasteiger partial charge is 0.289 e. The van der Waals surface area contributed by atoms with Crippen LogP contribution in [0.5, 0.6) is 0 Å². The molecule has 94 valence electrons. The van der Waals surface area contributed by atoms with E-state index in [1.54, 1.807) is 12.1 Å². The third kappa shape index (κ3) is 3.10. The monoisotopic (exact) mass is 300 g/mol. The van der Waals surface area contributed by atoms with Gasteiger partial charge in [0.1, 0.15) is 0 Å². The molecule has 1 aromatic rings. The standard InChI is InChI=1S/C12H17BrN2O2/c1-14-7-9-3-2-6-15(8-9)12(16)10-4-5-11(13)17-10/h4-5,9,14H,2-3,6-8H2,1H3. The highest BCUT2D eigenvalue weighted by molar-refractivity contribution is 9.10. The van der Waals surface area contributed by atoms with Crippen LogP contribution in [-0.4, -0.2) is 37.5 Å². The zero-order valence-corrected chi connectivity index (χ0v) is 11.5. The molecular weight excluding hydrogens is 284 g/mol. The van der Waals surface area contributed by atoms with Gasteiger partial charge in [0.2, 0.25) is 0 Å². The molecule has 0 aliphatic carbocycles. The van der Waals surface area contributed by atoms with Crippen LogP contribution in [0, 0.1) is 5.92 Å². The lowest BCUT2D eigenvalue weighted by atomic mass is 9.98. The minimum Gasteiger partial charge on any atom is -0.444 e. The van der Waals surface area contributed by atoms with Crippen LogP contribution in [-0.2, 0) is 0 Å². The van der Waals surface area contributed by atoms with E-state index in [-0.39, 0.29) is 5.91 Å². The minimum absolute atomic E-state index is 0.00324. The first-order valence-electron chi connectivity index (χ1n) is 5.90. The van der Waals surface area contributed by atoms with Crippen LogP contribution in [0.25, 0.3) is 0 Å². The summed E-state index contributed by atoms with van der Waals surface area (Å²) >= 11 is 3.21. The number of nitrogens with zero attached hydrogens (tertiary/aromatic N) is 1. The number of likely N-dealkylation sites (tertiary alicyclic amines) is 1. The molecule has 1 aromatic heterocycles. The van der Waals surface area contributed by atoms with E-state index in [0.29, 0.717) is 16.3 Å². The van der Waals surface area contributed by atoms with Crippen LogP contribution in [0.4, 0.5) is 0 Å².